The molecule has 0 aromatic heterocycles. The molecule has 2 aliphatic rings. The van der Waals surface area contributed by atoms with Crippen LogP contribution in [0.25, 0.3) is 0 Å². The van der Waals surface area contributed by atoms with Crippen LogP contribution < -0.4 is 10.2 Å². The third-order valence-corrected chi connectivity index (χ3v) is 3.72. The van der Waals surface area contributed by atoms with Gasteiger partial charge in [0.15, 0.2) is 0 Å². The molecular formula is C13H18N2. The molecule has 0 bridgehead atoms. The predicted octanol–water partition coefficient (Wildman–Crippen LogP) is 1.72. The summed E-state index contributed by atoms with van der Waals surface area (Å²) in [6, 6.07) is 8.02. The van der Waals surface area contributed by atoms with Crippen LogP contribution >= 0.6 is 0 Å². The summed E-state index contributed by atoms with van der Waals surface area (Å²) in [7, 11) is 0. The van der Waals surface area contributed by atoms with Gasteiger partial charge in [0.1, 0.15) is 0 Å². The van der Waals surface area contributed by atoms with Gasteiger partial charge in [-0.3, -0.25) is 0 Å². The highest BCUT2D eigenvalue weighted by Crippen LogP contribution is 2.37. The molecule has 0 amide bonds. The van der Waals surface area contributed by atoms with Gasteiger partial charge in [0.25, 0.3) is 0 Å². The molecule has 0 radical (unpaired) electrons. The molecule has 80 valence electrons. The fourth-order valence-electron chi connectivity index (χ4n) is 3.10. The Balaban J connectivity index is 2.08. The number of piperazine rings is 1. The van der Waals surface area contributed by atoms with Crippen LogP contribution in [-0.4, -0.2) is 25.2 Å². The number of anilines is 1. The standard InChI is InChI=1S/C13H18N2/c1-9-4-3-5-11-6-12-8-14-7-10(2)15(12)13(9)11/h3-5,10,12,14H,6-8H2,1-2H3/t10-,12+/m1/s1. The normalized spacial score (nSPS) is 28.8. The quantitative estimate of drug-likeness (QED) is 0.689. The first-order valence-corrected chi connectivity index (χ1v) is 5.85. The van der Waals surface area contributed by atoms with E-state index in [-0.39, 0.29) is 0 Å². The first-order valence-electron chi connectivity index (χ1n) is 5.85. The third-order valence-electron chi connectivity index (χ3n) is 3.72. The minimum absolute atomic E-state index is 0.631. The van der Waals surface area contributed by atoms with Gasteiger partial charge in [-0.05, 0) is 31.4 Å². The number of nitrogens with one attached hydrogen (secondary N) is 1. The zero-order valence-electron chi connectivity index (χ0n) is 9.46. The van der Waals surface area contributed by atoms with E-state index in [0.717, 1.165) is 13.1 Å². The lowest BCUT2D eigenvalue weighted by atomic mass is 10.1. The van der Waals surface area contributed by atoms with Crippen LogP contribution in [0.15, 0.2) is 18.2 Å². The van der Waals surface area contributed by atoms with E-state index in [1.54, 1.807) is 0 Å². The first-order chi connectivity index (χ1) is 7.27. The van der Waals surface area contributed by atoms with E-state index < -0.39 is 0 Å². The number of para-hydroxylation sites is 1. The van der Waals surface area contributed by atoms with Crippen molar-refractivity contribution in [2.45, 2.75) is 32.4 Å². The fraction of sp³-hybridized carbons (Fsp3) is 0.538. The van der Waals surface area contributed by atoms with Gasteiger partial charge in [-0.25, -0.2) is 0 Å². The van der Waals surface area contributed by atoms with E-state index in [1.165, 1.54) is 23.2 Å². The molecule has 1 fully saturated rings. The maximum atomic E-state index is 3.52. The molecular weight excluding hydrogens is 184 g/mol. The smallest absolute Gasteiger partial charge is 0.0459 e. The van der Waals surface area contributed by atoms with Crippen LogP contribution in [0.3, 0.4) is 0 Å². The lowest BCUT2D eigenvalue weighted by molar-refractivity contribution is 0.429. The van der Waals surface area contributed by atoms with Crippen molar-refractivity contribution in [3.05, 3.63) is 29.3 Å². The summed E-state index contributed by atoms with van der Waals surface area (Å²) in [5, 5.41) is 3.52. The lowest BCUT2D eigenvalue weighted by Crippen LogP contribution is -2.55. The van der Waals surface area contributed by atoms with Crippen molar-refractivity contribution < 1.29 is 0 Å². The van der Waals surface area contributed by atoms with Gasteiger partial charge in [-0.2, -0.15) is 0 Å². The van der Waals surface area contributed by atoms with Crippen molar-refractivity contribution in [2.75, 3.05) is 18.0 Å². The molecule has 1 aromatic rings. The molecule has 0 spiro atoms. The molecule has 3 rings (SSSR count). The van der Waals surface area contributed by atoms with Gasteiger partial charge in [-0.15, -0.1) is 0 Å². The fourth-order valence-corrected chi connectivity index (χ4v) is 3.10. The molecule has 1 aromatic carbocycles. The summed E-state index contributed by atoms with van der Waals surface area (Å²) >= 11 is 0. The van der Waals surface area contributed by atoms with Gasteiger partial charge in [0.05, 0.1) is 0 Å². The molecule has 0 saturated carbocycles. The second kappa shape index (κ2) is 3.24. The Kier molecular flexibility index (Phi) is 1.99. The van der Waals surface area contributed by atoms with E-state index in [1.807, 2.05) is 0 Å². The highest BCUT2D eigenvalue weighted by atomic mass is 15.3. The number of rotatable bonds is 0. The zero-order chi connectivity index (χ0) is 10.4. The maximum Gasteiger partial charge on any atom is 0.0459 e. The number of benzene rings is 1. The van der Waals surface area contributed by atoms with E-state index >= 15 is 0 Å². The van der Waals surface area contributed by atoms with E-state index in [9.17, 15) is 0 Å². The number of aryl methyl sites for hydroxylation is 1. The van der Waals surface area contributed by atoms with E-state index in [4.69, 9.17) is 0 Å². The van der Waals surface area contributed by atoms with Crippen molar-refractivity contribution in [1.29, 1.82) is 0 Å². The summed E-state index contributed by atoms with van der Waals surface area (Å²) in [6.07, 6.45) is 1.22. The van der Waals surface area contributed by atoms with Gasteiger partial charge < -0.3 is 10.2 Å². The van der Waals surface area contributed by atoms with Crippen LogP contribution in [0, 0.1) is 6.92 Å². The number of fused-ring (bicyclic) bond motifs is 3. The Bertz CT molecular complexity index is 386. The molecule has 0 aliphatic carbocycles. The average Bonchev–Trinajstić information content (AvgIpc) is 2.58. The molecule has 15 heavy (non-hydrogen) atoms. The van der Waals surface area contributed by atoms with Crippen molar-refractivity contribution in [2.24, 2.45) is 0 Å². The molecule has 2 heterocycles. The van der Waals surface area contributed by atoms with Crippen molar-refractivity contribution in [3.63, 3.8) is 0 Å². The molecule has 0 unspecified atom stereocenters. The molecule has 2 nitrogen and oxygen atoms in total. The van der Waals surface area contributed by atoms with Crippen molar-refractivity contribution >= 4 is 5.69 Å². The average molecular weight is 202 g/mol. The second-order valence-electron chi connectivity index (χ2n) is 4.86. The Morgan fingerprint density at radius 3 is 3.07 bits per heavy atom. The maximum absolute atomic E-state index is 3.52. The Labute approximate surface area is 91.3 Å². The van der Waals surface area contributed by atoms with Crippen LogP contribution in [-0.2, 0) is 6.42 Å². The van der Waals surface area contributed by atoms with Crippen LogP contribution in [0.5, 0.6) is 0 Å². The lowest BCUT2D eigenvalue weighted by Gasteiger charge is -2.39. The van der Waals surface area contributed by atoms with E-state index in [2.05, 4.69) is 42.3 Å². The Hall–Kier alpha value is -1.02. The van der Waals surface area contributed by atoms with Crippen LogP contribution in [0.4, 0.5) is 5.69 Å². The highest BCUT2D eigenvalue weighted by Gasteiger charge is 2.35. The first kappa shape index (κ1) is 9.22. The summed E-state index contributed by atoms with van der Waals surface area (Å²) in [6.45, 7) is 6.80. The van der Waals surface area contributed by atoms with Gasteiger partial charge >= 0.3 is 0 Å². The monoisotopic (exact) mass is 202 g/mol. The summed E-state index contributed by atoms with van der Waals surface area (Å²) in [4.78, 5) is 2.63. The molecule has 2 aliphatic heterocycles. The second-order valence-corrected chi connectivity index (χ2v) is 4.86. The summed E-state index contributed by atoms with van der Waals surface area (Å²) in [5.41, 5.74) is 4.48. The number of hydrogen-bond acceptors (Lipinski definition) is 2. The van der Waals surface area contributed by atoms with Crippen molar-refractivity contribution in [3.8, 4) is 0 Å². The van der Waals surface area contributed by atoms with Gasteiger partial charge in [0, 0.05) is 30.9 Å². The largest absolute Gasteiger partial charge is 0.363 e. The van der Waals surface area contributed by atoms with E-state index in [0.29, 0.717) is 12.1 Å². The number of hydrogen-bond donors (Lipinski definition) is 1. The summed E-state index contributed by atoms with van der Waals surface area (Å²) < 4.78 is 0. The van der Waals surface area contributed by atoms with Crippen LogP contribution in [0.2, 0.25) is 0 Å². The van der Waals surface area contributed by atoms with Crippen molar-refractivity contribution in [1.82, 2.24) is 5.32 Å². The zero-order valence-corrected chi connectivity index (χ0v) is 9.46. The van der Waals surface area contributed by atoms with Crippen LogP contribution in [0.1, 0.15) is 18.1 Å². The Morgan fingerprint density at radius 1 is 1.33 bits per heavy atom. The number of nitrogens with zero attached hydrogens (tertiary/aromatic N) is 1. The Morgan fingerprint density at radius 2 is 2.20 bits per heavy atom. The highest BCUT2D eigenvalue weighted by molar-refractivity contribution is 5.65. The van der Waals surface area contributed by atoms with Gasteiger partial charge in [0.2, 0.25) is 0 Å². The molecule has 2 heteroatoms. The minimum atomic E-state index is 0.631. The minimum Gasteiger partial charge on any atom is -0.363 e. The topological polar surface area (TPSA) is 15.3 Å². The summed E-state index contributed by atoms with van der Waals surface area (Å²) in [5.74, 6) is 0. The third kappa shape index (κ3) is 1.28. The molecule has 2 atom stereocenters. The van der Waals surface area contributed by atoms with Gasteiger partial charge in [-0.1, -0.05) is 18.2 Å². The predicted molar refractivity (Wildman–Crippen MR) is 63.5 cm³/mol. The SMILES string of the molecule is Cc1cccc2c1N1[C@H](CNC[C@H]1C)C2. The molecule has 1 N–H and O–H groups in total. The molecule has 1 saturated heterocycles.